The third-order valence-electron chi connectivity index (χ3n) is 4.23. The van der Waals surface area contributed by atoms with E-state index in [4.69, 9.17) is 9.84 Å². The van der Waals surface area contributed by atoms with Crippen LogP contribution in [0.1, 0.15) is 38.7 Å². The number of nitrogens with one attached hydrogen (secondary N) is 1. The number of rotatable bonds is 8. The molecular formula is C17H27N2O4-. The fourth-order valence-corrected chi connectivity index (χ4v) is 2.82. The second-order valence-electron chi connectivity index (χ2n) is 6.85. The first kappa shape index (κ1) is 18.0. The molecule has 0 saturated carbocycles. The van der Waals surface area contributed by atoms with Crippen molar-refractivity contribution in [1.29, 1.82) is 0 Å². The fourth-order valence-electron chi connectivity index (χ4n) is 2.82. The Morgan fingerprint density at radius 1 is 1.48 bits per heavy atom. The molecule has 1 aromatic rings. The number of anilines is 1. The monoisotopic (exact) mass is 323 g/mol. The molecule has 130 valence electrons. The molecule has 1 heterocycles. The van der Waals surface area contributed by atoms with Gasteiger partial charge in [-0.1, -0.05) is 13.0 Å². The SMILES string of the molecule is CC1CN([O-])c2cccc(OCC(O)CNC(C)(C)CCO)c21. The molecule has 23 heavy (non-hydrogen) atoms. The van der Waals surface area contributed by atoms with Crippen LogP contribution in [0.25, 0.3) is 0 Å². The average Bonchev–Trinajstić information content (AvgIpc) is 2.79. The summed E-state index contributed by atoms with van der Waals surface area (Å²) in [4.78, 5) is 0. The molecule has 6 nitrogen and oxygen atoms in total. The molecule has 2 atom stereocenters. The van der Waals surface area contributed by atoms with Gasteiger partial charge in [0.05, 0.1) is 0 Å². The number of benzene rings is 1. The largest absolute Gasteiger partial charge is 0.758 e. The molecule has 2 unspecified atom stereocenters. The molecule has 0 radical (unpaired) electrons. The molecule has 0 saturated heterocycles. The summed E-state index contributed by atoms with van der Waals surface area (Å²) in [5.41, 5.74) is 1.34. The van der Waals surface area contributed by atoms with Gasteiger partial charge < -0.3 is 30.5 Å². The van der Waals surface area contributed by atoms with E-state index in [2.05, 4.69) is 5.32 Å². The van der Waals surface area contributed by atoms with Gasteiger partial charge in [-0.2, -0.15) is 0 Å². The first-order valence-corrected chi connectivity index (χ1v) is 8.08. The Hall–Kier alpha value is -1.34. The van der Waals surface area contributed by atoms with E-state index >= 15 is 0 Å². The van der Waals surface area contributed by atoms with Crippen LogP contribution in [0, 0.1) is 5.21 Å². The van der Waals surface area contributed by atoms with Crippen molar-refractivity contribution in [3.8, 4) is 5.75 Å². The second-order valence-corrected chi connectivity index (χ2v) is 6.85. The summed E-state index contributed by atoms with van der Waals surface area (Å²) in [6.07, 6.45) is -0.0484. The van der Waals surface area contributed by atoms with E-state index in [1.54, 1.807) is 12.1 Å². The van der Waals surface area contributed by atoms with Crippen LogP contribution in [0.2, 0.25) is 0 Å². The van der Waals surface area contributed by atoms with Crippen LogP contribution < -0.4 is 15.1 Å². The van der Waals surface area contributed by atoms with E-state index in [0.29, 0.717) is 30.9 Å². The van der Waals surface area contributed by atoms with Crippen LogP contribution in [0.15, 0.2) is 18.2 Å². The maximum absolute atomic E-state index is 11.8. The highest BCUT2D eigenvalue weighted by molar-refractivity contribution is 5.65. The summed E-state index contributed by atoms with van der Waals surface area (Å²) in [5.74, 6) is 0.791. The lowest BCUT2D eigenvalue weighted by molar-refractivity contribution is 0.0955. The number of fused-ring (bicyclic) bond motifs is 1. The van der Waals surface area contributed by atoms with Crippen molar-refractivity contribution in [2.24, 2.45) is 0 Å². The van der Waals surface area contributed by atoms with Crippen molar-refractivity contribution < 1.29 is 14.9 Å². The molecular weight excluding hydrogens is 296 g/mol. The number of hydrogen-bond donors (Lipinski definition) is 3. The van der Waals surface area contributed by atoms with Gasteiger partial charge in [0.2, 0.25) is 0 Å². The lowest BCUT2D eigenvalue weighted by Crippen LogP contribution is -2.45. The minimum Gasteiger partial charge on any atom is -0.758 e. The molecule has 0 bridgehead atoms. The van der Waals surface area contributed by atoms with Gasteiger partial charge in [0.15, 0.2) is 0 Å². The lowest BCUT2D eigenvalue weighted by Gasteiger charge is -2.27. The Labute approximate surface area is 137 Å². The Morgan fingerprint density at radius 3 is 2.91 bits per heavy atom. The molecule has 0 aromatic heterocycles. The summed E-state index contributed by atoms with van der Waals surface area (Å²) < 4.78 is 5.75. The molecule has 0 fully saturated rings. The van der Waals surface area contributed by atoms with E-state index in [1.165, 1.54) is 0 Å². The summed E-state index contributed by atoms with van der Waals surface area (Å²) in [7, 11) is 0. The molecule has 0 spiro atoms. The Morgan fingerprint density at radius 2 is 2.22 bits per heavy atom. The normalized spacial score (nSPS) is 18.9. The van der Waals surface area contributed by atoms with E-state index < -0.39 is 6.10 Å². The van der Waals surface area contributed by atoms with Crippen molar-refractivity contribution in [2.75, 3.05) is 31.4 Å². The summed E-state index contributed by atoms with van der Waals surface area (Å²) >= 11 is 0. The highest BCUT2D eigenvalue weighted by Gasteiger charge is 2.24. The molecule has 0 amide bonds. The number of hydrogen-bond acceptors (Lipinski definition) is 6. The zero-order chi connectivity index (χ0) is 17.0. The minimum atomic E-state index is -0.663. The lowest BCUT2D eigenvalue weighted by atomic mass is 10.0. The predicted octanol–water partition coefficient (Wildman–Crippen LogP) is 1.60. The highest BCUT2D eigenvalue weighted by Crippen LogP contribution is 2.41. The maximum atomic E-state index is 11.8. The molecule has 1 aliphatic heterocycles. The van der Waals surface area contributed by atoms with Crippen LogP contribution in [-0.2, 0) is 0 Å². The highest BCUT2D eigenvalue weighted by atomic mass is 16.5. The Balaban J connectivity index is 1.90. The summed E-state index contributed by atoms with van der Waals surface area (Å²) in [6, 6.07) is 5.44. The van der Waals surface area contributed by atoms with Crippen LogP contribution in [-0.4, -0.2) is 48.2 Å². The van der Waals surface area contributed by atoms with Gasteiger partial charge in [0.25, 0.3) is 0 Å². The Kier molecular flexibility index (Phi) is 5.86. The zero-order valence-corrected chi connectivity index (χ0v) is 14.1. The number of nitrogens with zero attached hydrogens (tertiary/aromatic N) is 1. The van der Waals surface area contributed by atoms with E-state index in [9.17, 15) is 10.3 Å². The van der Waals surface area contributed by atoms with Crippen LogP contribution >= 0.6 is 0 Å². The topological polar surface area (TPSA) is 88.0 Å². The molecule has 6 heteroatoms. The second kappa shape index (κ2) is 7.49. The van der Waals surface area contributed by atoms with Gasteiger partial charge in [-0.3, -0.25) is 0 Å². The van der Waals surface area contributed by atoms with Crippen LogP contribution in [0.4, 0.5) is 5.69 Å². The van der Waals surface area contributed by atoms with Crippen molar-refractivity contribution >= 4 is 5.69 Å². The van der Waals surface area contributed by atoms with Gasteiger partial charge in [-0.25, -0.2) is 0 Å². The third kappa shape index (κ3) is 4.57. The quantitative estimate of drug-likeness (QED) is 0.673. The molecule has 1 aromatic carbocycles. The van der Waals surface area contributed by atoms with E-state index in [0.717, 1.165) is 10.6 Å². The smallest absolute Gasteiger partial charge is 0.125 e. The van der Waals surface area contributed by atoms with Gasteiger partial charge >= 0.3 is 0 Å². The molecule has 3 N–H and O–H groups in total. The average molecular weight is 323 g/mol. The number of aliphatic hydroxyl groups is 2. The van der Waals surface area contributed by atoms with E-state index in [-0.39, 0.29) is 24.7 Å². The van der Waals surface area contributed by atoms with Crippen LogP contribution in [0.3, 0.4) is 0 Å². The minimum absolute atomic E-state index is 0.104. The van der Waals surface area contributed by atoms with Crippen molar-refractivity contribution in [3.63, 3.8) is 0 Å². The number of β-amino-alcohol motifs (C(OH)–C–C–N with tert-alkyl or cyclic N) is 1. The number of aliphatic hydroxyl groups excluding tert-OH is 2. The number of hydroxylamine groups is 1. The van der Waals surface area contributed by atoms with E-state index in [1.807, 2.05) is 26.8 Å². The standard InChI is InChI=1S/C17H27N2O4/c1-12-10-19(22)14-5-4-6-15(16(12)14)23-11-13(21)9-18-17(2,3)7-8-20/h4-6,12-13,18,20-21H,7-11H2,1-3H3/q-1. The molecule has 0 aliphatic carbocycles. The number of ether oxygens (including phenoxy) is 1. The fraction of sp³-hybridized carbons (Fsp3) is 0.647. The van der Waals surface area contributed by atoms with Gasteiger partial charge in [-0.15, -0.1) is 0 Å². The molecule has 2 rings (SSSR count). The molecule has 1 aliphatic rings. The van der Waals surface area contributed by atoms with Crippen molar-refractivity contribution in [2.45, 2.75) is 44.8 Å². The maximum Gasteiger partial charge on any atom is 0.125 e. The van der Waals surface area contributed by atoms with Gasteiger partial charge in [0.1, 0.15) is 18.5 Å². The first-order valence-electron chi connectivity index (χ1n) is 8.08. The van der Waals surface area contributed by atoms with Gasteiger partial charge in [0, 0.05) is 42.4 Å². The zero-order valence-electron chi connectivity index (χ0n) is 14.1. The van der Waals surface area contributed by atoms with Crippen molar-refractivity contribution in [1.82, 2.24) is 5.32 Å². The summed E-state index contributed by atoms with van der Waals surface area (Å²) in [5, 5.41) is 35.1. The third-order valence-corrected chi connectivity index (χ3v) is 4.23. The Bertz CT molecular complexity index is 521. The summed E-state index contributed by atoms with van der Waals surface area (Å²) in [6.45, 7) is 7.03. The van der Waals surface area contributed by atoms with Crippen molar-refractivity contribution in [3.05, 3.63) is 29.0 Å². The predicted molar refractivity (Wildman–Crippen MR) is 90.9 cm³/mol. The van der Waals surface area contributed by atoms with Gasteiger partial charge in [-0.05, 0) is 32.4 Å². The first-order chi connectivity index (χ1) is 10.8. The van der Waals surface area contributed by atoms with Crippen LogP contribution in [0.5, 0.6) is 5.75 Å².